The SMILES string of the molecule is C/C(=N/NC(=O)O)c1ccc(Cl)cc1Br. The third-order valence-electron chi connectivity index (χ3n) is 1.64. The van der Waals surface area contributed by atoms with Crippen molar-refractivity contribution < 1.29 is 9.90 Å². The van der Waals surface area contributed by atoms with Gasteiger partial charge >= 0.3 is 6.09 Å². The van der Waals surface area contributed by atoms with Crippen LogP contribution in [0.2, 0.25) is 5.02 Å². The van der Waals surface area contributed by atoms with E-state index in [0.717, 1.165) is 10.0 Å². The molecule has 0 heterocycles. The van der Waals surface area contributed by atoms with Gasteiger partial charge in [-0.2, -0.15) is 5.10 Å². The molecule has 0 radical (unpaired) electrons. The maximum absolute atomic E-state index is 10.2. The molecule has 0 spiro atoms. The monoisotopic (exact) mass is 290 g/mol. The van der Waals surface area contributed by atoms with Crippen molar-refractivity contribution in [2.75, 3.05) is 0 Å². The molecule has 15 heavy (non-hydrogen) atoms. The van der Waals surface area contributed by atoms with Gasteiger partial charge in [0, 0.05) is 15.1 Å². The van der Waals surface area contributed by atoms with Crippen molar-refractivity contribution in [3.05, 3.63) is 33.3 Å². The van der Waals surface area contributed by atoms with Gasteiger partial charge in [-0.15, -0.1) is 0 Å². The quantitative estimate of drug-likeness (QED) is 0.649. The molecule has 0 bridgehead atoms. The minimum Gasteiger partial charge on any atom is -0.464 e. The highest BCUT2D eigenvalue weighted by molar-refractivity contribution is 9.10. The van der Waals surface area contributed by atoms with E-state index >= 15 is 0 Å². The van der Waals surface area contributed by atoms with Crippen LogP contribution in [-0.2, 0) is 0 Å². The van der Waals surface area contributed by atoms with Crippen LogP contribution in [0.3, 0.4) is 0 Å². The number of rotatable bonds is 2. The number of carbonyl (C=O) groups is 1. The molecule has 2 N–H and O–H groups in total. The van der Waals surface area contributed by atoms with E-state index in [2.05, 4.69) is 21.0 Å². The molecule has 1 amide bonds. The van der Waals surface area contributed by atoms with Gasteiger partial charge in [0.15, 0.2) is 0 Å². The van der Waals surface area contributed by atoms with Crippen molar-refractivity contribution in [3.8, 4) is 0 Å². The summed E-state index contributed by atoms with van der Waals surface area (Å²) in [5.41, 5.74) is 3.28. The fraction of sp³-hybridized carbons (Fsp3) is 0.111. The summed E-state index contributed by atoms with van der Waals surface area (Å²) >= 11 is 9.08. The van der Waals surface area contributed by atoms with Crippen molar-refractivity contribution in [1.82, 2.24) is 5.43 Å². The molecule has 0 saturated carbocycles. The van der Waals surface area contributed by atoms with Gasteiger partial charge in [-0.3, -0.25) is 0 Å². The number of hydrazone groups is 1. The van der Waals surface area contributed by atoms with Crippen LogP contribution in [0.4, 0.5) is 4.79 Å². The summed E-state index contributed by atoms with van der Waals surface area (Å²) in [6.45, 7) is 1.70. The Morgan fingerprint density at radius 1 is 1.60 bits per heavy atom. The second-order valence-corrected chi connectivity index (χ2v) is 4.03. The van der Waals surface area contributed by atoms with Crippen LogP contribution in [0.1, 0.15) is 12.5 Å². The van der Waals surface area contributed by atoms with Gasteiger partial charge in [0.1, 0.15) is 0 Å². The van der Waals surface area contributed by atoms with Crippen LogP contribution < -0.4 is 5.43 Å². The molecule has 0 aliphatic carbocycles. The van der Waals surface area contributed by atoms with E-state index in [1.165, 1.54) is 0 Å². The Bertz CT molecular complexity index is 421. The lowest BCUT2D eigenvalue weighted by atomic mass is 10.1. The van der Waals surface area contributed by atoms with Crippen LogP contribution in [0, 0.1) is 0 Å². The predicted molar refractivity (Wildman–Crippen MR) is 62.5 cm³/mol. The molecular formula is C9H8BrClN2O2. The van der Waals surface area contributed by atoms with Crippen molar-refractivity contribution >= 4 is 39.3 Å². The van der Waals surface area contributed by atoms with E-state index in [4.69, 9.17) is 16.7 Å². The summed E-state index contributed by atoms with van der Waals surface area (Å²) in [5.74, 6) is 0. The lowest BCUT2D eigenvalue weighted by molar-refractivity contribution is 0.195. The number of nitrogens with zero attached hydrogens (tertiary/aromatic N) is 1. The summed E-state index contributed by atoms with van der Waals surface area (Å²) in [5, 5.41) is 12.7. The summed E-state index contributed by atoms with van der Waals surface area (Å²) in [6.07, 6.45) is -1.19. The van der Waals surface area contributed by atoms with E-state index in [-0.39, 0.29) is 0 Å². The zero-order valence-corrected chi connectivity index (χ0v) is 10.1. The lowest BCUT2D eigenvalue weighted by Gasteiger charge is -2.03. The highest BCUT2D eigenvalue weighted by atomic mass is 79.9. The molecule has 4 nitrogen and oxygen atoms in total. The van der Waals surface area contributed by atoms with Gasteiger partial charge in [-0.05, 0) is 19.1 Å². The molecule has 0 aliphatic heterocycles. The van der Waals surface area contributed by atoms with Crippen LogP contribution in [0.15, 0.2) is 27.8 Å². The number of nitrogens with one attached hydrogen (secondary N) is 1. The van der Waals surface area contributed by atoms with Crippen molar-refractivity contribution in [1.29, 1.82) is 0 Å². The smallest absolute Gasteiger partial charge is 0.425 e. The molecule has 80 valence electrons. The van der Waals surface area contributed by atoms with Crippen molar-refractivity contribution in [3.63, 3.8) is 0 Å². The first-order valence-corrected chi connectivity index (χ1v) is 5.16. The fourth-order valence-corrected chi connectivity index (χ4v) is 1.94. The average molecular weight is 292 g/mol. The van der Waals surface area contributed by atoms with Gasteiger partial charge in [0.25, 0.3) is 0 Å². The van der Waals surface area contributed by atoms with Gasteiger partial charge in [0.2, 0.25) is 0 Å². The molecule has 0 saturated heterocycles. The maximum atomic E-state index is 10.2. The molecule has 1 rings (SSSR count). The third kappa shape index (κ3) is 3.53. The Morgan fingerprint density at radius 2 is 2.27 bits per heavy atom. The summed E-state index contributed by atoms with van der Waals surface area (Å²) < 4.78 is 0.767. The zero-order valence-electron chi connectivity index (χ0n) is 7.79. The standard InChI is InChI=1S/C9H8BrClN2O2/c1-5(12-13-9(14)15)7-3-2-6(11)4-8(7)10/h2-4,13H,1H3,(H,14,15)/b12-5-. The highest BCUT2D eigenvalue weighted by Gasteiger charge is 2.04. The number of benzene rings is 1. The molecule has 1 aromatic rings. The maximum Gasteiger partial charge on any atom is 0.425 e. The Kier molecular flexibility index (Phi) is 4.11. The van der Waals surface area contributed by atoms with Gasteiger partial charge in [-0.25, -0.2) is 10.2 Å². The molecule has 0 fully saturated rings. The van der Waals surface area contributed by atoms with Crippen LogP contribution >= 0.6 is 27.5 Å². The van der Waals surface area contributed by atoms with Gasteiger partial charge in [-0.1, -0.05) is 33.6 Å². The number of halogens is 2. The van der Waals surface area contributed by atoms with Crippen LogP contribution in [0.5, 0.6) is 0 Å². The Hall–Kier alpha value is -1.07. The first-order valence-electron chi connectivity index (χ1n) is 3.99. The highest BCUT2D eigenvalue weighted by Crippen LogP contribution is 2.21. The Balaban J connectivity index is 2.95. The number of carboxylic acid groups (broad SMARTS) is 1. The number of hydrogen-bond acceptors (Lipinski definition) is 2. The third-order valence-corrected chi connectivity index (χ3v) is 2.53. The zero-order chi connectivity index (χ0) is 11.4. The van der Waals surface area contributed by atoms with E-state index in [0.29, 0.717) is 10.7 Å². The number of hydrogen-bond donors (Lipinski definition) is 2. The molecular weight excluding hydrogens is 283 g/mol. The second kappa shape index (κ2) is 5.14. The molecule has 0 atom stereocenters. The van der Waals surface area contributed by atoms with E-state index < -0.39 is 6.09 Å². The van der Waals surface area contributed by atoms with Gasteiger partial charge < -0.3 is 5.11 Å². The van der Waals surface area contributed by atoms with Gasteiger partial charge in [0.05, 0.1) is 5.71 Å². The van der Waals surface area contributed by atoms with E-state index in [1.807, 2.05) is 5.43 Å². The largest absolute Gasteiger partial charge is 0.464 e. The summed E-state index contributed by atoms with van der Waals surface area (Å²) in [6, 6.07) is 5.19. The fourth-order valence-electron chi connectivity index (χ4n) is 0.975. The van der Waals surface area contributed by atoms with Crippen LogP contribution in [-0.4, -0.2) is 16.9 Å². The molecule has 0 aromatic heterocycles. The Morgan fingerprint density at radius 3 is 2.80 bits per heavy atom. The minimum atomic E-state index is -1.19. The average Bonchev–Trinajstić information content (AvgIpc) is 2.14. The second-order valence-electron chi connectivity index (χ2n) is 2.74. The van der Waals surface area contributed by atoms with Crippen molar-refractivity contribution in [2.24, 2.45) is 5.10 Å². The van der Waals surface area contributed by atoms with Crippen LogP contribution in [0.25, 0.3) is 0 Å². The topological polar surface area (TPSA) is 61.7 Å². The molecule has 6 heteroatoms. The van der Waals surface area contributed by atoms with E-state index in [9.17, 15) is 4.79 Å². The number of amides is 1. The molecule has 1 aromatic carbocycles. The van der Waals surface area contributed by atoms with Crippen molar-refractivity contribution in [2.45, 2.75) is 6.92 Å². The predicted octanol–water partition coefficient (Wildman–Crippen LogP) is 3.09. The first kappa shape index (κ1) is 12.0. The Labute approximate surface area is 100 Å². The lowest BCUT2D eigenvalue weighted by Crippen LogP contribution is -2.16. The summed E-state index contributed by atoms with van der Waals surface area (Å²) in [4.78, 5) is 10.2. The summed E-state index contributed by atoms with van der Waals surface area (Å²) in [7, 11) is 0. The molecule has 0 aliphatic rings. The van der Waals surface area contributed by atoms with E-state index in [1.54, 1.807) is 25.1 Å². The normalized spacial score (nSPS) is 11.3. The molecule has 0 unspecified atom stereocenters. The minimum absolute atomic E-state index is 0.556. The first-order chi connectivity index (χ1) is 7.00.